The van der Waals surface area contributed by atoms with E-state index < -0.39 is 0 Å². The molecule has 2 heterocycles. The predicted molar refractivity (Wildman–Crippen MR) is 61.8 cm³/mol. The minimum atomic E-state index is 1.10. The van der Waals surface area contributed by atoms with E-state index in [9.17, 15) is 0 Å². The molecule has 0 spiro atoms. The van der Waals surface area contributed by atoms with Gasteiger partial charge in [0.1, 0.15) is 0 Å². The lowest BCUT2D eigenvalue weighted by Crippen LogP contribution is -2.08. The smallest absolute Gasteiger partial charge is 0.0553 e. The lowest BCUT2D eigenvalue weighted by atomic mass is 10.1. The predicted octanol–water partition coefficient (Wildman–Crippen LogP) is 2.21. The molecule has 76 valence electrons. The Bertz CT molecular complexity index is 438. The lowest BCUT2D eigenvalue weighted by molar-refractivity contribution is 1.11. The van der Waals surface area contributed by atoms with Crippen LogP contribution < -0.4 is 4.90 Å². The van der Waals surface area contributed by atoms with Crippen LogP contribution in [0.3, 0.4) is 0 Å². The molecule has 0 aromatic carbocycles. The van der Waals surface area contributed by atoms with Crippen molar-refractivity contribution in [1.82, 2.24) is 9.97 Å². The highest BCUT2D eigenvalue weighted by Crippen LogP contribution is 2.21. The molecular weight excluding hydrogens is 186 g/mol. The molecule has 3 nitrogen and oxygen atoms in total. The first kappa shape index (κ1) is 9.65. The molecule has 2 aromatic rings. The monoisotopic (exact) mass is 199 g/mol. The van der Waals surface area contributed by atoms with Crippen LogP contribution in [0, 0.1) is 0 Å². The van der Waals surface area contributed by atoms with Crippen LogP contribution in [-0.4, -0.2) is 24.1 Å². The van der Waals surface area contributed by atoms with Crippen LogP contribution in [-0.2, 0) is 0 Å². The molecule has 2 aromatic heterocycles. The Morgan fingerprint density at radius 3 is 2.33 bits per heavy atom. The molecular formula is C12H13N3. The molecule has 0 fully saturated rings. The molecule has 0 saturated heterocycles. The van der Waals surface area contributed by atoms with E-state index in [1.54, 1.807) is 12.4 Å². The molecule has 0 radical (unpaired) electrons. The molecule has 0 amide bonds. The van der Waals surface area contributed by atoms with Gasteiger partial charge in [-0.3, -0.25) is 9.97 Å². The van der Waals surface area contributed by atoms with Gasteiger partial charge < -0.3 is 4.90 Å². The highest BCUT2D eigenvalue weighted by Gasteiger charge is 2.00. The Morgan fingerprint density at radius 1 is 0.933 bits per heavy atom. The summed E-state index contributed by atoms with van der Waals surface area (Å²) in [5.41, 5.74) is 3.36. The van der Waals surface area contributed by atoms with E-state index in [0.717, 1.165) is 16.8 Å². The molecule has 0 aliphatic carbocycles. The van der Waals surface area contributed by atoms with Gasteiger partial charge in [0.15, 0.2) is 0 Å². The summed E-state index contributed by atoms with van der Waals surface area (Å²) in [5, 5.41) is 0. The van der Waals surface area contributed by atoms with E-state index in [-0.39, 0.29) is 0 Å². The van der Waals surface area contributed by atoms with Crippen molar-refractivity contribution in [3.05, 3.63) is 43.0 Å². The van der Waals surface area contributed by atoms with Crippen molar-refractivity contribution in [3.8, 4) is 11.1 Å². The van der Waals surface area contributed by atoms with E-state index in [4.69, 9.17) is 0 Å². The molecule has 0 bridgehead atoms. The Kier molecular flexibility index (Phi) is 2.63. The summed E-state index contributed by atoms with van der Waals surface area (Å²) in [6, 6.07) is 6.08. The van der Waals surface area contributed by atoms with Crippen LogP contribution in [0.2, 0.25) is 0 Å². The molecule has 15 heavy (non-hydrogen) atoms. The summed E-state index contributed by atoms with van der Waals surface area (Å²) in [6.07, 6.45) is 7.29. The van der Waals surface area contributed by atoms with Crippen molar-refractivity contribution in [2.45, 2.75) is 0 Å². The minimum absolute atomic E-state index is 1.10. The van der Waals surface area contributed by atoms with Crippen molar-refractivity contribution in [3.63, 3.8) is 0 Å². The highest BCUT2D eigenvalue weighted by molar-refractivity contribution is 5.66. The molecule has 0 N–H and O–H groups in total. The molecule has 0 aliphatic rings. The summed E-state index contributed by atoms with van der Waals surface area (Å²) in [4.78, 5) is 10.3. The fraction of sp³-hybridized carbons (Fsp3) is 0.167. The van der Waals surface area contributed by atoms with E-state index in [0.29, 0.717) is 0 Å². The number of nitrogens with zero attached hydrogens (tertiary/aromatic N) is 3. The van der Waals surface area contributed by atoms with Crippen LogP contribution in [0.1, 0.15) is 0 Å². The first-order valence-corrected chi connectivity index (χ1v) is 4.80. The average molecular weight is 199 g/mol. The van der Waals surface area contributed by atoms with Gasteiger partial charge in [0.05, 0.1) is 11.9 Å². The minimum Gasteiger partial charge on any atom is -0.376 e. The number of hydrogen-bond acceptors (Lipinski definition) is 3. The van der Waals surface area contributed by atoms with Crippen molar-refractivity contribution >= 4 is 5.69 Å². The van der Waals surface area contributed by atoms with Crippen molar-refractivity contribution < 1.29 is 0 Å². The molecule has 0 saturated carbocycles. The maximum atomic E-state index is 4.22. The third-order valence-corrected chi connectivity index (χ3v) is 2.25. The van der Waals surface area contributed by atoms with Gasteiger partial charge in [-0.2, -0.15) is 0 Å². The normalized spacial score (nSPS) is 10.0. The Labute approximate surface area is 89.4 Å². The summed E-state index contributed by atoms with van der Waals surface area (Å²) in [6.45, 7) is 0. The van der Waals surface area contributed by atoms with Gasteiger partial charge in [0.25, 0.3) is 0 Å². The van der Waals surface area contributed by atoms with Crippen LogP contribution in [0.25, 0.3) is 11.1 Å². The Balaban J connectivity index is 2.42. The topological polar surface area (TPSA) is 29.0 Å². The van der Waals surface area contributed by atoms with Crippen molar-refractivity contribution in [2.24, 2.45) is 0 Å². The average Bonchev–Trinajstić information content (AvgIpc) is 2.30. The van der Waals surface area contributed by atoms with Crippen molar-refractivity contribution in [1.29, 1.82) is 0 Å². The first-order chi connectivity index (χ1) is 7.27. The molecule has 2 rings (SSSR count). The number of aromatic nitrogens is 2. The second-order valence-corrected chi connectivity index (χ2v) is 3.56. The van der Waals surface area contributed by atoms with E-state index >= 15 is 0 Å². The zero-order valence-corrected chi connectivity index (χ0v) is 8.88. The van der Waals surface area contributed by atoms with Crippen LogP contribution in [0.5, 0.6) is 0 Å². The first-order valence-electron chi connectivity index (χ1n) is 4.80. The second kappa shape index (κ2) is 4.09. The third-order valence-electron chi connectivity index (χ3n) is 2.25. The van der Waals surface area contributed by atoms with Crippen molar-refractivity contribution in [2.75, 3.05) is 19.0 Å². The SMILES string of the molecule is CN(C)c1cncc(-c2ccncc2)c1. The van der Waals surface area contributed by atoms with Crippen LogP contribution >= 0.6 is 0 Å². The second-order valence-electron chi connectivity index (χ2n) is 3.56. The van der Waals surface area contributed by atoms with Gasteiger partial charge in [-0.1, -0.05) is 0 Å². The van der Waals surface area contributed by atoms with E-state index in [1.807, 2.05) is 43.5 Å². The zero-order chi connectivity index (χ0) is 10.7. The fourth-order valence-corrected chi connectivity index (χ4v) is 1.37. The Hall–Kier alpha value is -1.90. The van der Waals surface area contributed by atoms with Gasteiger partial charge in [-0.05, 0) is 23.8 Å². The number of pyridine rings is 2. The molecule has 0 unspecified atom stereocenters. The maximum absolute atomic E-state index is 4.22. The van der Waals surface area contributed by atoms with E-state index in [2.05, 4.69) is 16.0 Å². The quantitative estimate of drug-likeness (QED) is 0.742. The van der Waals surface area contributed by atoms with Crippen LogP contribution in [0.4, 0.5) is 5.69 Å². The summed E-state index contributed by atoms with van der Waals surface area (Å²) in [5.74, 6) is 0. The van der Waals surface area contributed by atoms with Crippen LogP contribution in [0.15, 0.2) is 43.0 Å². The zero-order valence-electron chi connectivity index (χ0n) is 8.88. The van der Waals surface area contributed by atoms with E-state index in [1.165, 1.54) is 0 Å². The number of rotatable bonds is 2. The molecule has 3 heteroatoms. The Morgan fingerprint density at radius 2 is 1.67 bits per heavy atom. The van der Waals surface area contributed by atoms with Gasteiger partial charge in [-0.25, -0.2) is 0 Å². The fourth-order valence-electron chi connectivity index (χ4n) is 1.37. The van der Waals surface area contributed by atoms with Gasteiger partial charge in [-0.15, -0.1) is 0 Å². The van der Waals surface area contributed by atoms with Gasteiger partial charge in [0, 0.05) is 38.2 Å². The third kappa shape index (κ3) is 2.13. The summed E-state index contributed by atoms with van der Waals surface area (Å²) < 4.78 is 0. The largest absolute Gasteiger partial charge is 0.376 e. The number of anilines is 1. The van der Waals surface area contributed by atoms with Gasteiger partial charge >= 0.3 is 0 Å². The number of hydrogen-bond donors (Lipinski definition) is 0. The molecule has 0 atom stereocenters. The lowest BCUT2D eigenvalue weighted by Gasteiger charge is -2.12. The highest BCUT2D eigenvalue weighted by atomic mass is 15.1. The van der Waals surface area contributed by atoms with Gasteiger partial charge in [0.2, 0.25) is 0 Å². The summed E-state index contributed by atoms with van der Waals surface area (Å²) >= 11 is 0. The maximum Gasteiger partial charge on any atom is 0.0553 e. The molecule has 0 aliphatic heterocycles. The standard InChI is InChI=1S/C12H13N3/c1-15(2)12-7-11(8-14-9-12)10-3-5-13-6-4-10/h3-9H,1-2H3. The summed E-state index contributed by atoms with van der Waals surface area (Å²) in [7, 11) is 4.01.